The van der Waals surface area contributed by atoms with Crippen LogP contribution in [-0.2, 0) is 22.7 Å². The van der Waals surface area contributed by atoms with Gasteiger partial charge in [-0.05, 0) is 148 Å². The Labute approximate surface area is 453 Å². The highest BCUT2D eigenvalue weighted by Gasteiger charge is 2.53. The van der Waals surface area contributed by atoms with E-state index in [-0.39, 0.29) is 80.8 Å². The van der Waals surface area contributed by atoms with Crippen molar-refractivity contribution in [3.05, 3.63) is 117 Å². The summed E-state index contributed by atoms with van der Waals surface area (Å²) in [5.74, 6) is -5.54. The van der Waals surface area contributed by atoms with E-state index in [1.807, 2.05) is 111 Å². The van der Waals surface area contributed by atoms with Crippen molar-refractivity contribution >= 4 is 67.2 Å². The fourth-order valence-corrected chi connectivity index (χ4v) is 11.9. The molecular formula is C56H66Br2F4N6O7. The van der Waals surface area contributed by atoms with Crippen molar-refractivity contribution in [2.75, 3.05) is 63.3 Å². The molecule has 4 aliphatic heterocycles. The number of likely N-dealkylation sites (tertiary alicyclic amines) is 1. The largest absolute Gasteiger partial charge is 0.497 e. The minimum atomic E-state index is -2.65. The Morgan fingerprint density at radius 2 is 1.00 bits per heavy atom. The quantitative estimate of drug-likeness (QED) is 0.150. The summed E-state index contributed by atoms with van der Waals surface area (Å²) in [4.78, 5) is 60.3. The zero-order valence-corrected chi connectivity index (χ0v) is 45.6. The number of piperidine rings is 2. The summed E-state index contributed by atoms with van der Waals surface area (Å²) < 4.78 is 64.8. The molecule has 0 aromatic heterocycles. The average molecular weight is 1170 g/mol. The van der Waals surface area contributed by atoms with Crippen LogP contribution in [0.3, 0.4) is 0 Å². The molecule has 2 aliphatic carbocycles. The number of ether oxygens (including phenoxy) is 2. The SMILES string of the molecule is COc1cccc(CN2C(=O)N(c3ccc(Br)cc3)CC23CCN(C(=O)C2CCC(F)(F)CC2)CC3)c1.COc1cccc(CN2C(=O)N(c3ccc(Br)cc3)CC23CCNCC3)c1.O=C(O)C1CCC(F)(F)CC1. The summed E-state index contributed by atoms with van der Waals surface area (Å²) in [6, 6.07) is 31.5. The molecule has 75 heavy (non-hydrogen) atoms. The summed E-state index contributed by atoms with van der Waals surface area (Å²) in [6.45, 7) is 5.22. The van der Waals surface area contributed by atoms with E-state index in [9.17, 15) is 36.7 Å². The maximum atomic E-state index is 13.8. The lowest BCUT2D eigenvalue weighted by Gasteiger charge is -2.44. The van der Waals surface area contributed by atoms with E-state index >= 15 is 0 Å². The van der Waals surface area contributed by atoms with Gasteiger partial charge in [0.15, 0.2) is 0 Å². The average Bonchev–Trinajstić information content (AvgIpc) is 3.81. The van der Waals surface area contributed by atoms with Crippen LogP contribution in [0.1, 0.15) is 88.2 Å². The number of hydrogen-bond acceptors (Lipinski definition) is 7. The summed E-state index contributed by atoms with van der Waals surface area (Å²) in [5.41, 5.74) is 3.31. The number of alkyl halides is 4. The highest BCUT2D eigenvalue weighted by atomic mass is 79.9. The fraction of sp³-hybridized carbons (Fsp3) is 0.500. The van der Waals surface area contributed by atoms with E-state index in [4.69, 9.17) is 14.6 Å². The molecule has 0 bridgehead atoms. The van der Waals surface area contributed by atoms with E-state index in [1.54, 1.807) is 14.2 Å². The molecular weight excluding hydrogens is 1100 g/mol. The molecule has 404 valence electrons. The van der Waals surface area contributed by atoms with Gasteiger partial charge in [0, 0.05) is 78.1 Å². The number of benzene rings is 4. The lowest BCUT2D eigenvalue weighted by atomic mass is 9.83. The van der Waals surface area contributed by atoms with Gasteiger partial charge < -0.3 is 34.6 Å². The van der Waals surface area contributed by atoms with Crippen LogP contribution < -0.4 is 24.6 Å². The van der Waals surface area contributed by atoms with Crippen molar-refractivity contribution in [3.8, 4) is 11.5 Å². The molecule has 6 fully saturated rings. The first kappa shape index (κ1) is 55.8. The van der Waals surface area contributed by atoms with Crippen LogP contribution in [0, 0.1) is 11.8 Å². The molecule has 2 N–H and O–H groups in total. The molecule has 4 heterocycles. The van der Waals surface area contributed by atoms with Crippen molar-refractivity contribution in [2.24, 2.45) is 11.8 Å². The molecule has 4 saturated heterocycles. The monoisotopic (exact) mass is 1170 g/mol. The van der Waals surface area contributed by atoms with Crippen molar-refractivity contribution < 1.29 is 51.3 Å². The number of carbonyl (C=O) groups excluding carboxylic acids is 3. The fourth-order valence-electron chi connectivity index (χ4n) is 11.3. The molecule has 10 rings (SSSR count). The smallest absolute Gasteiger partial charge is 0.325 e. The molecule has 2 saturated carbocycles. The second-order valence-electron chi connectivity index (χ2n) is 20.7. The van der Waals surface area contributed by atoms with Crippen LogP contribution in [-0.4, -0.2) is 120 Å². The first-order valence-corrected chi connectivity index (χ1v) is 27.3. The zero-order valence-electron chi connectivity index (χ0n) is 42.4. The van der Waals surface area contributed by atoms with Crippen LogP contribution in [0.15, 0.2) is 106 Å². The Morgan fingerprint density at radius 3 is 1.40 bits per heavy atom. The predicted molar refractivity (Wildman–Crippen MR) is 286 cm³/mol. The number of carboxylic acid groups (broad SMARTS) is 1. The lowest BCUT2D eigenvalue weighted by molar-refractivity contribution is -0.146. The van der Waals surface area contributed by atoms with Crippen LogP contribution >= 0.6 is 31.9 Å². The van der Waals surface area contributed by atoms with Crippen LogP contribution in [0.5, 0.6) is 11.5 Å². The molecule has 19 heteroatoms. The van der Waals surface area contributed by atoms with E-state index in [0.29, 0.717) is 45.6 Å². The third-order valence-corrected chi connectivity index (χ3v) is 16.9. The first-order chi connectivity index (χ1) is 35.8. The van der Waals surface area contributed by atoms with Crippen LogP contribution in [0.4, 0.5) is 38.5 Å². The Hall–Kier alpha value is -5.40. The number of carboxylic acids is 1. The number of urea groups is 2. The number of halogens is 6. The second kappa shape index (κ2) is 23.9. The maximum Gasteiger partial charge on any atom is 0.325 e. The van der Waals surface area contributed by atoms with E-state index in [0.717, 1.165) is 75.4 Å². The zero-order chi connectivity index (χ0) is 53.5. The van der Waals surface area contributed by atoms with Gasteiger partial charge in [-0.15, -0.1) is 0 Å². The summed E-state index contributed by atoms with van der Waals surface area (Å²) >= 11 is 6.94. The number of aliphatic carboxylic acids is 1. The molecule has 4 aromatic carbocycles. The van der Waals surface area contributed by atoms with Gasteiger partial charge in [-0.2, -0.15) is 0 Å². The number of hydrogen-bond donors (Lipinski definition) is 2. The van der Waals surface area contributed by atoms with Gasteiger partial charge in [0.1, 0.15) is 11.5 Å². The van der Waals surface area contributed by atoms with E-state index in [1.165, 1.54) is 0 Å². The number of nitrogens with zero attached hydrogens (tertiary/aromatic N) is 5. The summed E-state index contributed by atoms with van der Waals surface area (Å²) in [5, 5.41) is 11.9. The van der Waals surface area contributed by atoms with Gasteiger partial charge in [-0.1, -0.05) is 56.1 Å². The number of anilines is 2. The van der Waals surface area contributed by atoms with Crippen molar-refractivity contribution in [3.63, 3.8) is 0 Å². The van der Waals surface area contributed by atoms with Crippen molar-refractivity contribution in [1.29, 1.82) is 0 Å². The molecule has 0 radical (unpaired) electrons. The third kappa shape index (κ3) is 13.4. The normalized spacial score (nSPS) is 21.1. The third-order valence-electron chi connectivity index (χ3n) is 15.9. The number of amides is 5. The second-order valence-corrected chi connectivity index (χ2v) is 22.5. The number of rotatable bonds is 10. The molecule has 5 amide bonds. The van der Waals surface area contributed by atoms with Crippen LogP contribution in [0.25, 0.3) is 0 Å². The maximum absolute atomic E-state index is 13.8. The Bertz CT molecular complexity index is 2620. The Kier molecular flexibility index (Phi) is 17.8. The lowest BCUT2D eigenvalue weighted by Crippen LogP contribution is -2.56. The van der Waals surface area contributed by atoms with Gasteiger partial charge in [-0.25, -0.2) is 27.2 Å². The van der Waals surface area contributed by atoms with Crippen molar-refractivity contribution in [1.82, 2.24) is 20.0 Å². The predicted octanol–water partition coefficient (Wildman–Crippen LogP) is 12.0. The highest BCUT2D eigenvalue weighted by molar-refractivity contribution is 9.10. The van der Waals surface area contributed by atoms with Gasteiger partial charge in [-0.3, -0.25) is 19.4 Å². The summed E-state index contributed by atoms with van der Waals surface area (Å²) in [6.07, 6.45) is 2.95. The molecule has 2 spiro atoms. The Morgan fingerprint density at radius 1 is 0.600 bits per heavy atom. The topological polar surface area (TPSA) is 135 Å². The standard InChI is InChI=1S/C28H32BrF2N3O3.C21H24BrN3O2.C7H10F2O2/c1-37-24-4-2-3-20(17-24)18-34-26(36)33(23-7-5-22(29)6-8-23)19-27(34)13-15-32(16-14-27)25(35)21-9-11-28(30,31)12-10-21;1-27-19-4-2-3-16(13-19)14-25-20(26)24(18-7-5-17(22)6-8-18)15-21(25)9-11-23-12-10-21;8-7(9)3-1-5(2-4-7)6(10)11/h2-8,17,21H,9-16,18-19H2,1H3;2-8,13,23H,9-12,14-15H2,1H3;5H,1-4H2,(H,10,11). The van der Waals surface area contributed by atoms with E-state index < -0.39 is 29.3 Å². The van der Waals surface area contributed by atoms with Gasteiger partial charge >= 0.3 is 18.0 Å². The van der Waals surface area contributed by atoms with Crippen LogP contribution in [0.2, 0.25) is 0 Å². The molecule has 6 aliphatic rings. The number of carbonyl (C=O) groups is 4. The van der Waals surface area contributed by atoms with Gasteiger partial charge in [0.25, 0.3) is 0 Å². The Balaban J connectivity index is 0.000000171. The summed E-state index contributed by atoms with van der Waals surface area (Å²) in [7, 11) is 3.29. The molecule has 0 atom stereocenters. The van der Waals surface area contributed by atoms with Gasteiger partial charge in [0.2, 0.25) is 17.8 Å². The molecule has 0 unspecified atom stereocenters. The first-order valence-electron chi connectivity index (χ1n) is 25.8. The van der Waals surface area contributed by atoms with E-state index in [2.05, 4.69) is 48.1 Å². The van der Waals surface area contributed by atoms with Crippen molar-refractivity contribution in [2.45, 2.75) is 113 Å². The molecule has 4 aromatic rings. The number of methoxy groups -OCH3 is 2. The minimum absolute atomic E-state index is 0.0150. The van der Waals surface area contributed by atoms with Gasteiger partial charge in [0.05, 0.1) is 44.3 Å². The highest BCUT2D eigenvalue weighted by Crippen LogP contribution is 2.43. The minimum Gasteiger partial charge on any atom is -0.497 e. The molecule has 13 nitrogen and oxygen atoms in total. The number of nitrogens with one attached hydrogen (secondary N) is 1.